The second-order valence-corrected chi connectivity index (χ2v) is 11.3. The lowest BCUT2D eigenvalue weighted by atomic mass is 9.96. The normalized spacial score (nSPS) is 16.2. The quantitative estimate of drug-likeness (QED) is 0.260. The van der Waals surface area contributed by atoms with E-state index in [9.17, 15) is 9.59 Å². The number of benzene rings is 2. The largest absolute Gasteiger partial charge is 0.385 e. The van der Waals surface area contributed by atoms with Crippen LogP contribution < -0.4 is 11.1 Å². The number of hydrogen-bond donors (Lipinski definition) is 2. The van der Waals surface area contributed by atoms with Crippen LogP contribution in [0.1, 0.15) is 47.8 Å². The number of nitrogens with zero attached hydrogens (tertiary/aromatic N) is 3. The molecule has 3 heterocycles. The molecule has 4 aromatic rings. The summed E-state index contributed by atoms with van der Waals surface area (Å²) in [5, 5.41) is 4.92. The van der Waals surface area contributed by atoms with E-state index in [1.54, 1.807) is 18.4 Å². The van der Waals surface area contributed by atoms with E-state index >= 15 is 0 Å². The Balaban J connectivity index is 1.16. The van der Waals surface area contributed by atoms with Crippen LogP contribution >= 0.6 is 11.3 Å². The van der Waals surface area contributed by atoms with Gasteiger partial charge in [0.05, 0.1) is 11.0 Å². The Morgan fingerprint density at radius 3 is 2.75 bits per heavy atom. The van der Waals surface area contributed by atoms with Gasteiger partial charge in [-0.25, -0.2) is 4.98 Å². The van der Waals surface area contributed by atoms with E-state index in [0.717, 1.165) is 59.7 Å². The van der Waals surface area contributed by atoms with Gasteiger partial charge in [-0.05, 0) is 60.5 Å². The van der Waals surface area contributed by atoms with E-state index in [1.165, 1.54) is 0 Å². The summed E-state index contributed by atoms with van der Waals surface area (Å²) in [6, 6.07) is 19.3. The number of carbonyl (C=O) groups excluding carboxylic acids is 2. The molecule has 1 fully saturated rings. The lowest BCUT2D eigenvalue weighted by molar-refractivity contribution is -0.132. The van der Waals surface area contributed by atoms with E-state index in [4.69, 9.17) is 15.5 Å². The Kier molecular flexibility index (Phi) is 9.26. The monoisotopic (exact) mass is 559 g/mol. The van der Waals surface area contributed by atoms with Gasteiger partial charge in [0.2, 0.25) is 5.91 Å². The molecule has 0 radical (unpaired) electrons. The van der Waals surface area contributed by atoms with Crippen molar-refractivity contribution in [3.8, 4) is 10.4 Å². The summed E-state index contributed by atoms with van der Waals surface area (Å²) in [7, 11) is 1.72. The average Bonchev–Trinajstić information content (AvgIpc) is 3.65. The van der Waals surface area contributed by atoms with Gasteiger partial charge in [-0.3, -0.25) is 9.59 Å². The number of aromatic nitrogens is 2. The van der Waals surface area contributed by atoms with E-state index < -0.39 is 6.04 Å². The fraction of sp³-hybridized carbons (Fsp3) is 0.387. The summed E-state index contributed by atoms with van der Waals surface area (Å²) >= 11 is 1.66. The number of amides is 2. The number of methoxy groups -OCH3 is 1. The molecular formula is C31H37N5O3S. The van der Waals surface area contributed by atoms with E-state index in [0.29, 0.717) is 18.7 Å². The van der Waals surface area contributed by atoms with Crippen molar-refractivity contribution in [1.29, 1.82) is 0 Å². The number of para-hydroxylation sites is 2. The standard InChI is InChI=1S/C31H37N5O3S/c1-39-17-6-16-36-27-9-3-2-8-26(27)34-30(36)24-7-4-15-35(21-24)29(37)19-25(32)20-33-31(38)23-13-11-22(12-14-23)28-10-5-18-40-28/h2-3,5,8-14,18,24-25H,4,6-7,15-17,19-21,32H2,1H3,(H,33,38). The lowest BCUT2D eigenvalue weighted by Crippen LogP contribution is -2.45. The van der Waals surface area contributed by atoms with Crippen LogP contribution in [-0.2, 0) is 16.1 Å². The van der Waals surface area contributed by atoms with Gasteiger partial charge >= 0.3 is 0 Å². The maximum absolute atomic E-state index is 13.2. The van der Waals surface area contributed by atoms with Crippen molar-refractivity contribution >= 4 is 34.2 Å². The second-order valence-electron chi connectivity index (χ2n) is 10.4. The van der Waals surface area contributed by atoms with Crippen LogP contribution in [0.15, 0.2) is 66.0 Å². The summed E-state index contributed by atoms with van der Waals surface area (Å²) in [4.78, 5) is 33.9. The number of rotatable bonds is 11. The highest BCUT2D eigenvalue weighted by Crippen LogP contribution is 2.30. The molecule has 1 aliphatic rings. The first-order valence-electron chi connectivity index (χ1n) is 13.9. The van der Waals surface area contributed by atoms with Crippen LogP contribution in [0, 0.1) is 0 Å². The lowest BCUT2D eigenvalue weighted by Gasteiger charge is -2.33. The Labute approximate surface area is 239 Å². The number of aryl methyl sites for hydroxylation is 1. The van der Waals surface area contributed by atoms with Gasteiger partial charge in [0.25, 0.3) is 5.91 Å². The van der Waals surface area contributed by atoms with Gasteiger partial charge in [0.15, 0.2) is 0 Å². The SMILES string of the molecule is COCCCn1c(C2CCCN(C(=O)CC(N)CNC(=O)c3ccc(-c4cccs4)cc3)C2)nc2ccccc21. The number of ether oxygens (including phenoxy) is 1. The minimum Gasteiger partial charge on any atom is -0.385 e. The molecule has 3 N–H and O–H groups in total. The smallest absolute Gasteiger partial charge is 0.251 e. The van der Waals surface area contributed by atoms with Crippen molar-refractivity contribution in [3.05, 3.63) is 77.4 Å². The van der Waals surface area contributed by atoms with E-state index in [-0.39, 0.29) is 30.7 Å². The summed E-state index contributed by atoms with van der Waals surface area (Å²) in [6.45, 7) is 3.10. The maximum atomic E-state index is 13.2. The number of nitrogens with two attached hydrogens (primary N) is 1. The van der Waals surface area contributed by atoms with Crippen molar-refractivity contribution in [3.63, 3.8) is 0 Å². The van der Waals surface area contributed by atoms with Crippen LogP contribution in [0.25, 0.3) is 21.5 Å². The van der Waals surface area contributed by atoms with Crippen LogP contribution in [0.3, 0.4) is 0 Å². The average molecular weight is 560 g/mol. The Morgan fingerprint density at radius 1 is 1.15 bits per heavy atom. The summed E-state index contributed by atoms with van der Waals surface area (Å²) in [5.74, 6) is 1.04. The molecule has 9 heteroatoms. The maximum Gasteiger partial charge on any atom is 0.251 e. The molecule has 2 aromatic heterocycles. The fourth-order valence-corrected chi connectivity index (χ4v) is 6.14. The Morgan fingerprint density at radius 2 is 1.98 bits per heavy atom. The molecule has 2 unspecified atom stereocenters. The number of likely N-dealkylation sites (tertiary alicyclic amines) is 1. The highest BCUT2D eigenvalue weighted by atomic mass is 32.1. The van der Waals surface area contributed by atoms with Crippen molar-refractivity contribution in [2.75, 3.05) is 33.4 Å². The number of carbonyl (C=O) groups is 2. The first kappa shape index (κ1) is 28.0. The highest BCUT2D eigenvalue weighted by molar-refractivity contribution is 7.13. The summed E-state index contributed by atoms with van der Waals surface area (Å²) in [5.41, 5.74) is 10.1. The topological polar surface area (TPSA) is 102 Å². The minimum atomic E-state index is -0.458. The Hall–Kier alpha value is -3.53. The third-order valence-corrected chi connectivity index (χ3v) is 8.39. The molecule has 1 aliphatic heterocycles. The molecule has 210 valence electrons. The minimum absolute atomic E-state index is 0.0220. The zero-order valence-corrected chi connectivity index (χ0v) is 23.7. The molecule has 2 amide bonds. The first-order valence-corrected chi connectivity index (χ1v) is 14.8. The molecule has 2 atom stereocenters. The third-order valence-electron chi connectivity index (χ3n) is 7.47. The molecule has 2 aromatic carbocycles. The van der Waals surface area contributed by atoms with Crippen molar-refractivity contribution in [2.24, 2.45) is 5.73 Å². The van der Waals surface area contributed by atoms with Gasteiger partial charge in [-0.1, -0.05) is 30.3 Å². The number of hydrogen-bond acceptors (Lipinski definition) is 6. The van der Waals surface area contributed by atoms with Gasteiger partial charge in [0.1, 0.15) is 5.82 Å². The van der Waals surface area contributed by atoms with E-state index in [2.05, 4.69) is 22.0 Å². The number of nitrogens with one attached hydrogen (secondary N) is 1. The van der Waals surface area contributed by atoms with Gasteiger partial charge in [-0.15, -0.1) is 11.3 Å². The summed E-state index contributed by atoms with van der Waals surface area (Å²) in [6.07, 6.45) is 3.00. The van der Waals surface area contributed by atoms with Gasteiger partial charge < -0.3 is 25.3 Å². The predicted molar refractivity (Wildman–Crippen MR) is 159 cm³/mol. The summed E-state index contributed by atoms with van der Waals surface area (Å²) < 4.78 is 7.57. The number of imidazole rings is 1. The molecule has 0 spiro atoms. The number of piperidine rings is 1. The van der Waals surface area contributed by atoms with Crippen molar-refractivity contribution < 1.29 is 14.3 Å². The highest BCUT2D eigenvalue weighted by Gasteiger charge is 2.29. The molecule has 5 rings (SSSR count). The fourth-order valence-electron chi connectivity index (χ4n) is 5.40. The van der Waals surface area contributed by atoms with E-state index in [1.807, 2.05) is 58.8 Å². The van der Waals surface area contributed by atoms with Gasteiger partial charge in [-0.2, -0.15) is 0 Å². The van der Waals surface area contributed by atoms with Crippen LogP contribution in [0.5, 0.6) is 0 Å². The van der Waals surface area contributed by atoms with Crippen LogP contribution in [0.4, 0.5) is 0 Å². The molecule has 0 bridgehead atoms. The predicted octanol–water partition coefficient (Wildman–Crippen LogP) is 4.65. The van der Waals surface area contributed by atoms with Crippen molar-refractivity contribution in [2.45, 2.75) is 44.2 Å². The molecule has 8 nitrogen and oxygen atoms in total. The molecule has 0 aliphatic carbocycles. The van der Waals surface area contributed by atoms with Crippen LogP contribution in [-0.4, -0.2) is 65.7 Å². The van der Waals surface area contributed by atoms with Crippen LogP contribution in [0.2, 0.25) is 0 Å². The Bertz CT molecular complexity index is 1420. The molecular weight excluding hydrogens is 522 g/mol. The number of fused-ring (bicyclic) bond motifs is 1. The molecule has 40 heavy (non-hydrogen) atoms. The molecule has 1 saturated heterocycles. The third kappa shape index (κ3) is 6.60. The zero-order valence-electron chi connectivity index (χ0n) is 22.9. The molecule has 0 saturated carbocycles. The zero-order chi connectivity index (χ0) is 27.9. The number of thiophene rings is 1. The van der Waals surface area contributed by atoms with Gasteiger partial charge in [0, 0.05) is 68.7 Å². The second kappa shape index (κ2) is 13.2. The first-order chi connectivity index (χ1) is 19.5. The van der Waals surface area contributed by atoms with Crippen molar-refractivity contribution in [1.82, 2.24) is 19.8 Å².